The first kappa shape index (κ1) is 17.9. The van der Waals surface area contributed by atoms with Crippen LogP contribution in [-0.4, -0.2) is 70.6 Å². The molecule has 0 spiro atoms. The van der Waals surface area contributed by atoms with E-state index in [9.17, 15) is 21.6 Å². The molecule has 1 saturated heterocycles. The lowest BCUT2D eigenvalue weighted by Gasteiger charge is -2.23. The molecule has 1 fully saturated rings. The van der Waals surface area contributed by atoms with Crippen LogP contribution in [0.25, 0.3) is 0 Å². The fourth-order valence-electron chi connectivity index (χ4n) is 2.43. The van der Waals surface area contributed by atoms with Crippen molar-refractivity contribution in [1.82, 2.24) is 9.21 Å². The molecule has 0 bridgehead atoms. The van der Waals surface area contributed by atoms with Gasteiger partial charge in [0.25, 0.3) is 5.91 Å². The molecule has 2 rings (SSSR count). The molecule has 1 atom stereocenters. The number of hydrogen-bond donors (Lipinski definition) is 0. The minimum absolute atomic E-state index is 0.0255. The lowest BCUT2D eigenvalue weighted by molar-refractivity contribution is 0.0747. The molecule has 7 nitrogen and oxygen atoms in total. The number of sulfonamides is 1. The highest BCUT2D eigenvalue weighted by molar-refractivity contribution is 7.91. The topological polar surface area (TPSA) is 91.8 Å². The molecule has 0 unspecified atom stereocenters. The normalized spacial score (nSPS) is 20.6. The molecule has 128 valence electrons. The van der Waals surface area contributed by atoms with Gasteiger partial charge < -0.3 is 4.90 Å². The summed E-state index contributed by atoms with van der Waals surface area (Å²) in [5.41, 5.74) is 0.328. The molecule has 0 saturated carbocycles. The second-order valence-electron chi connectivity index (χ2n) is 5.78. The molecule has 1 heterocycles. The Kier molecular flexibility index (Phi) is 4.84. The van der Waals surface area contributed by atoms with Gasteiger partial charge in [0, 0.05) is 32.7 Å². The Bertz CT molecular complexity index is 798. The van der Waals surface area contributed by atoms with Crippen molar-refractivity contribution >= 4 is 25.8 Å². The Labute approximate surface area is 136 Å². The van der Waals surface area contributed by atoms with Crippen molar-refractivity contribution in [3.8, 4) is 0 Å². The lowest BCUT2D eigenvalue weighted by Crippen LogP contribution is -2.37. The van der Waals surface area contributed by atoms with Gasteiger partial charge in [0.1, 0.15) is 0 Å². The Hall–Kier alpha value is -1.45. The summed E-state index contributed by atoms with van der Waals surface area (Å²) in [4.78, 5) is 13.9. The SMILES string of the molecule is CN(C(=O)c1ccc(S(=O)(=O)N(C)C)cc1)[C@H]1CCS(=O)(=O)C1. The van der Waals surface area contributed by atoms with Crippen LogP contribution in [0.4, 0.5) is 0 Å². The van der Waals surface area contributed by atoms with Gasteiger partial charge in [-0.15, -0.1) is 0 Å². The zero-order chi connectivity index (χ0) is 17.4. The number of carbonyl (C=O) groups is 1. The van der Waals surface area contributed by atoms with E-state index < -0.39 is 19.9 Å². The summed E-state index contributed by atoms with van der Waals surface area (Å²) in [6.07, 6.45) is 0.428. The molecule has 1 aromatic carbocycles. The lowest BCUT2D eigenvalue weighted by atomic mass is 10.1. The van der Waals surface area contributed by atoms with Gasteiger partial charge in [-0.25, -0.2) is 21.1 Å². The number of sulfone groups is 1. The zero-order valence-electron chi connectivity index (χ0n) is 13.3. The summed E-state index contributed by atoms with van der Waals surface area (Å²) in [5, 5.41) is 0. The zero-order valence-corrected chi connectivity index (χ0v) is 14.9. The van der Waals surface area contributed by atoms with Crippen LogP contribution in [0.1, 0.15) is 16.8 Å². The Morgan fingerprint density at radius 2 is 1.70 bits per heavy atom. The van der Waals surface area contributed by atoms with Gasteiger partial charge >= 0.3 is 0 Å². The molecular formula is C14H20N2O5S2. The number of hydrogen-bond acceptors (Lipinski definition) is 5. The van der Waals surface area contributed by atoms with Crippen molar-refractivity contribution in [2.75, 3.05) is 32.6 Å². The van der Waals surface area contributed by atoms with Crippen LogP contribution in [0.5, 0.6) is 0 Å². The van der Waals surface area contributed by atoms with Crippen LogP contribution in [0.15, 0.2) is 29.2 Å². The number of nitrogens with zero attached hydrogens (tertiary/aromatic N) is 2. The van der Waals surface area contributed by atoms with E-state index in [1.807, 2.05) is 0 Å². The van der Waals surface area contributed by atoms with Crippen molar-refractivity contribution in [2.24, 2.45) is 0 Å². The van der Waals surface area contributed by atoms with Gasteiger partial charge in [-0.2, -0.15) is 0 Å². The van der Waals surface area contributed by atoms with Crippen LogP contribution >= 0.6 is 0 Å². The predicted octanol–water partition coefficient (Wildman–Crippen LogP) is 0.196. The molecule has 0 aliphatic carbocycles. The molecule has 9 heteroatoms. The van der Waals surface area contributed by atoms with Gasteiger partial charge in [0.2, 0.25) is 10.0 Å². The van der Waals surface area contributed by atoms with Crippen molar-refractivity contribution < 1.29 is 21.6 Å². The fourth-order valence-corrected chi connectivity index (χ4v) is 5.11. The molecule has 0 aromatic heterocycles. The highest BCUT2D eigenvalue weighted by atomic mass is 32.2. The number of carbonyl (C=O) groups excluding carboxylic acids is 1. The largest absolute Gasteiger partial charge is 0.338 e. The predicted molar refractivity (Wildman–Crippen MR) is 86.5 cm³/mol. The van der Waals surface area contributed by atoms with Gasteiger partial charge in [-0.1, -0.05) is 0 Å². The van der Waals surface area contributed by atoms with Gasteiger partial charge in [-0.3, -0.25) is 4.79 Å². The summed E-state index contributed by atoms with van der Waals surface area (Å²) in [6, 6.07) is 5.30. The number of rotatable bonds is 4. The van der Waals surface area contributed by atoms with Crippen LogP contribution in [0, 0.1) is 0 Å². The molecule has 0 N–H and O–H groups in total. The van der Waals surface area contributed by atoms with E-state index in [1.54, 1.807) is 7.05 Å². The maximum absolute atomic E-state index is 12.4. The first-order valence-electron chi connectivity index (χ1n) is 7.05. The molecule has 23 heavy (non-hydrogen) atoms. The second kappa shape index (κ2) is 6.21. The third kappa shape index (κ3) is 3.73. The molecule has 1 aliphatic heterocycles. The summed E-state index contributed by atoms with van der Waals surface area (Å²) in [6.45, 7) is 0. The summed E-state index contributed by atoms with van der Waals surface area (Å²) >= 11 is 0. The summed E-state index contributed by atoms with van der Waals surface area (Å²) < 4.78 is 48.1. The monoisotopic (exact) mass is 360 g/mol. The standard InChI is InChI=1S/C14H20N2O5S2/c1-15(2)23(20,21)13-6-4-11(5-7-13)14(17)16(3)12-8-9-22(18,19)10-12/h4-7,12H,8-10H2,1-3H3/t12-/m0/s1. The van der Waals surface area contributed by atoms with E-state index >= 15 is 0 Å². The van der Waals surface area contributed by atoms with Crippen molar-refractivity contribution in [3.05, 3.63) is 29.8 Å². The first-order valence-corrected chi connectivity index (χ1v) is 10.3. The number of benzene rings is 1. The van der Waals surface area contributed by atoms with E-state index in [-0.39, 0.29) is 28.4 Å². The Morgan fingerprint density at radius 1 is 1.13 bits per heavy atom. The Morgan fingerprint density at radius 3 is 2.13 bits per heavy atom. The van der Waals surface area contributed by atoms with E-state index in [2.05, 4.69) is 0 Å². The molecule has 1 amide bonds. The fraction of sp³-hybridized carbons (Fsp3) is 0.500. The van der Waals surface area contributed by atoms with E-state index in [1.165, 1.54) is 43.3 Å². The van der Waals surface area contributed by atoms with Crippen molar-refractivity contribution in [1.29, 1.82) is 0 Å². The van der Waals surface area contributed by atoms with Gasteiger partial charge in [0.05, 0.1) is 16.4 Å². The molecule has 0 radical (unpaired) electrons. The van der Waals surface area contributed by atoms with Crippen molar-refractivity contribution in [2.45, 2.75) is 17.4 Å². The van der Waals surface area contributed by atoms with Gasteiger partial charge in [0.15, 0.2) is 9.84 Å². The second-order valence-corrected chi connectivity index (χ2v) is 10.2. The van der Waals surface area contributed by atoms with Gasteiger partial charge in [-0.05, 0) is 30.7 Å². The smallest absolute Gasteiger partial charge is 0.253 e. The third-order valence-electron chi connectivity index (χ3n) is 3.96. The van der Waals surface area contributed by atoms with Crippen molar-refractivity contribution in [3.63, 3.8) is 0 Å². The highest BCUT2D eigenvalue weighted by Crippen LogP contribution is 2.20. The average molecular weight is 360 g/mol. The van der Waals surface area contributed by atoms with Crippen LogP contribution < -0.4 is 0 Å². The maximum atomic E-state index is 12.4. The van der Waals surface area contributed by atoms with E-state index in [4.69, 9.17) is 0 Å². The average Bonchev–Trinajstić information content (AvgIpc) is 2.86. The molecule has 1 aliphatic rings. The summed E-state index contributed by atoms with van der Waals surface area (Å²) in [7, 11) is -2.18. The summed E-state index contributed by atoms with van der Waals surface area (Å²) in [5.74, 6) is -0.252. The quantitative estimate of drug-likeness (QED) is 0.765. The Balaban J connectivity index is 2.18. The number of amides is 1. The maximum Gasteiger partial charge on any atom is 0.253 e. The van der Waals surface area contributed by atoms with E-state index in [0.29, 0.717) is 12.0 Å². The minimum Gasteiger partial charge on any atom is -0.338 e. The first-order chi connectivity index (χ1) is 10.5. The molecule has 1 aromatic rings. The third-order valence-corrected chi connectivity index (χ3v) is 7.54. The highest BCUT2D eigenvalue weighted by Gasteiger charge is 2.33. The van der Waals surface area contributed by atoms with E-state index in [0.717, 1.165) is 4.31 Å². The van der Waals surface area contributed by atoms with Crippen LogP contribution in [0.3, 0.4) is 0 Å². The van der Waals surface area contributed by atoms with Crippen LogP contribution in [-0.2, 0) is 19.9 Å². The molecular weight excluding hydrogens is 340 g/mol. The van der Waals surface area contributed by atoms with Crippen LogP contribution in [0.2, 0.25) is 0 Å². The minimum atomic E-state index is -3.54.